The zero-order chi connectivity index (χ0) is 13.5. The van der Waals surface area contributed by atoms with Gasteiger partial charge < -0.3 is 5.11 Å². The van der Waals surface area contributed by atoms with Gasteiger partial charge in [-0.15, -0.1) is 0 Å². The molecule has 0 saturated carbocycles. The standard InChI is InChI=1S/C14H20FNO2/c1-3-16(9-4-10-17)11(2)14(18)12-5-7-13(15)8-6-12/h5-8,11,17H,3-4,9-10H2,1-2H3. The topological polar surface area (TPSA) is 40.5 Å². The Kier molecular flexibility index (Phi) is 5.95. The molecule has 0 heterocycles. The van der Waals surface area contributed by atoms with Gasteiger partial charge in [0.05, 0.1) is 6.04 Å². The molecule has 0 spiro atoms. The van der Waals surface area contributed by atoms with E-state index in [1.165, 1.54) is 24.3 Å². The van der Waals surface area contributed by atoms with E-state index in [2.05, 4.69) is 0 Å². The van der Waals surface area contributed by atoms with E-state index < -0.39 is 0 Å². The summed E-state index contributed by atoms with van der Waals surface area (Å²) >= 11 is 0. The first-order valence-corrected chi connectivity index (χ1v) is 6.24. The average molecular weight is 253 g/mol. The highest BCUT2D eigenvalue weighted by Gasteiger charge is 2.20. The number of hydrogen-bond donors (Lipinski definition) is 1. The molecule has 0 aliphatic rings. The van der Waals surface area contributed by atoms with Gasteiger partial charge in [0.15, 0.2) is 5.78 Å². The molecule has 0 bridgehead atoms. The van der Waals surface area contributed by atoms with Crippen LogP contribution >= 0.6 is 0 Å². The van der Waals surface area contributed by atoms with Crippen molar-refractivity contribution in [1.82, 2.24) is 4.90 Å². The average Bonchev–Trinajstić information content (AvgIpc) is 2.39. The van der Waals surface area contributed by atoms with E-state index in [1.807, 2.05) is 18.7 Å². The number of hydrogen-bond acceptors (Lipinski definition) is 3. The highest BCUT2D eigenvalue weighted by molar-refractivity contribution is 5.99. The second kappa shape index (κ2) is 7.24. The Labute approximate surface area is 107 Å². The summed E-state index contributed by atoms with van der Waals surface area (Å²) < 4.78 is 12.8. The van der Waals surface area contributed by atoms with Gasteiger partial charge in [0.1, 0.15) is 5.82 Å². The van der Waals surface area contributed by atoms with Crippen LogP contribution in [0.2, 0.25) is 0 Å². The minimum atomic E-state index is -0.341. The van der Waals surface area contributed by atoms with E-state index in [1.54, 1.807) is 0 Å². The third-order valence-electron chi connectivity index (χ3n) is 3.07. The van der Waals surface area contributed by atoms with Crippen LogP contribution in [0.25, 0.3) is 0 Å². The number of benzene rings is 1. The summed E-state index contributed by atoms with van der Waals surface area (Å²) in [6.45, 7) is 5.36. The van der Waals surface area contributed by atoms with Gasteiger partial charge in [-0.05, 0) is 44.2 Å². The van der Waals surface area contributed by atoms with E-state index in [-0.39, 0.29) is 24.2 Å². The smallest absolute Gasteiger partial charge is 0.179 e. The molecule has 3 nitrogen and oxygen atoms in total. The van der Waals surface area contributed by atoms with Gasteiger partial charge in [0.2, 0.25) is 0 Å². The largest absolute Gasteiger partial charge is 0.396 e. The molecular weight excluding hydrogens is 233 g/mol. The van der Waals surface area contributed by atoms with Gasteiger partial charge in [-0.2, -0.15) is 0 Å². The number of likely N-dealkylation sites (N-methyl/N-ethyl adjacent to an activating group) is 1. The van der Waals surface area contributed by atoms with Crippen LogP contribution < -0.4 is 0 Å². The normalized spacial score (nSPS) is 12.7. The number of carbonyl (C=O) groups is 1. The summed E-state index contributed by atoms with van der Waals surface area (Å²) in [6, 6.07) is 5.35. The van der Waals surface area contributed by atoms with Crippen molar-refractivity contribution in [2.75, 3.05) is 19.7 Å². The van der Waals surface area contributed by atoms with Gasteiger partial charge in [0, 0.05) is 18.7 Å². The van der Waals surface area contributed by atoms with Crippen LogP contribution in [0.3, 0.4) is 0 Å². The summed E-state index contributed by atoms with van der Waals surface area (Å²) in [4.78, 5) is 14.2. The van der Waals surface area contributed by atoms with Crippen molar-refractivity contribution in [3.63, 3.8) is 0 Å². The molecule has 1 N–H and O–H groups in total. The maximum absolute atomic E-state index is 12.8. The quantitative estimate of drug-likeness (QED) is 0.757. The van der Waals surface area contributed by atoms with Gasteiger partial charge >= 0.3 is 0 Å². The molecule has 0 radical (unpaired) electrons. The molecule has 1 aromatic rings. The van der Waals surface area contributed by atoms with Crippen molar-refractivity contribution in [1.29, 1.82) is 0 Å². The van der Waals surface area contributed by atoms with Crippen molar-refractivity contribution >= 4 is 5.78 Å². The number of aliphatic hydroxyl groups is 1. The Bertz CT molecular complexity index is 378. The third-order valence-corrected chi connectivity index (χ3v) is 3.07. The van der Waals surface area contributed by atoms with E-state index in [0.717, 1.165) is 6.54 Å². The molecule has 100 valence electrons. The van der Waals surface area contributed by atoms with Crippen LogP contribution in [0.1, 0.15) is 30.6 Å². The summed E-state index contributed by atoms with van der Waals surface area (Å²) in [5.74, 6) is -0.360. The molecule has 0 saturated heterocycles. The SMILES string of the molecule is CCN(CCCO)C(C)C(=O)c1ccc(F)cc1. The molecule has 1 aromatic carbocycles. The third kappa shape index (κ3) is 3.89. The number of ketones is 1. The fourth-order valence-electron chi connectivity index (χ4n) is 1.92. The lowest BCUT2D eigenvalue weighted by atomic mass is 10.0. The Balaban J connectivity index is 2.72. The summed E-state index contributed by atoms with van der Waals surface area (Å²) in [6.07, 6.45) is 0.648. The molecule has 18 heavy (non-hydrogen) atoms. The Hall–Kier alpha value is -1.26. The fourth-order valence-corrected chi connectivity index (χ4v) is 1.92. The zero-order valence-corrected chi connectivity index (χ0v) is 10.9. The predicted molar refractivity (Wildman–Crippen MR) is 69.1 cm³/mol. The lowest BCUT2D eigenvalue weighted by Crippen LogP contribution is -2.39. The predicted octanol–water partition coefficient (Wildman–Crippen LogP) is 2.10. The van der Waals surface area contributed by atoms with Crippen molar-refractivity contribution in [2.24, 2.45) is 0 Å². The molecular formula is C14H20FNO2. The van der Waals surface area contributed by atoms with E-state index in [0.29, 0.717) is 18.5 Å². The van der Waals surface area contributed by atoms with Crippen LogP contribution in [0.5, 0.6) is 0 Å². The highest BCUT2D eigenvalue weighted by Crippen LogP contribution is 2.10. The van der Waals surface area contributed by atoms with Crippen LogP contribution in [0.15, 0.2) is 24.3 Å². The van der Waals surface area contributed by atoms with E-state index in [9.17, 15) is 9.18 Å². The van der Waals surface area contributed by atoms with Crippen molar-refractivity contribution in [3.8, 4) is 0 Å². The summed E-state index contributed by atoms with van der Waals surface area (Å²) in [5.41, 5.74) is 0.520. The molecule has 0 amide bonds. The Morgan fingerprint density at radius 1 is 1.39 bits per heavy atom. The first-order valence-electron chi connectivity index (χ1n) is 6.24. The summed E-state index contributed by atoms with van der Waals surface area (Å²) in [7, 11) is 0. The molecule has 1 rings (SSSR count). The lowest BCUT2D eigenvalue weighted by molar-refractivity contribution is 0.0834. The van der Waals surface area contributed by atoms with Gasteiger partial charge in [-0.25, -0.2) is 4.39 Å². The molecule has 4 heteroatoms. The second-order valence-corrected chi connectivity index (χ2v) is 4.25. The van der Waals surface area contributed by atoms with Gasteiger partial charge in [-0.3, -0.25) is 9.69 Å². The van der Waals surface area contributed by atoms with Gasteiger partial charge in [0.25, 0.3) is 0 Å². The monoisotopic (exact) mass is 253 g/mol. The maximum atomic E-state index is 12.8. The Morgan fingerprint density at radius 3 is 2.50 bits per heavy atom. The van der Waals surface area contributed by atoms with Crippen molar-refractivity contribution in [3.05, 3.63) is 35.6 Å². The number of halogens is 1. The molecule has 0 aliphatic heterocycles. The number of carbonyl (C=O) groups excluding carboxylic acids is 1. The molecule has 0 aromatic heterocycles. The zero-order valence-electron chi connectivity index (χ0n) is 10.9. The molecule has 1 atom stereocenters. The van der Waals surface area contributed by atoms with Gasteiger partial charge in [-0.1, -0.05) is 6.92 Å². The van der Waals surface area contributed by atoms with Crippen molar-refractivity contribution < 1.29 is 14.3 Å². The molecule has 0 aliphatic carbocycles. The number of rotatable bonds is 7. The first kappa shape index (κ1) is 14.8. The van der Waals surface area contributed by atoms with Crippen LogP contribution in [0, 0.1) is 5.82 Å². The highest BCUT2D eigenvalue weighted by atomic mass is 19.1. The first-order chi connectivity index (χ1) is 8.60. The van der Waals surface area contributed by atoms with Crippen LogP contribution in [0.4, 0.5) is 4.39 Å². The number of Topliss-reactive ketones (excluding diaryl/α,β-unsaturated/α-hetero) is 1. The summed E-state index contributed by atoms with van der Waals surface area (Å²) in [5, 5.41) is 8.83. The minimum absolute atomic E-state index is 0.0187. The molecule has 1 unspecified atom stereocenters. The van der Waals surface area contributed by atoms with E-state index in [4.69, 9.17) is 5.11 Å². The molecule has 0 fully saturated rings. The fraction of sp³-hybridized carbons (Fsp3) is 0.500. The van der Waals surface area contributed by atoms with Crippen molar-refractivity contribution in [2.45, 2.75) is 26.3 Å². The number of nitrogens with zero attached hydrogens (tertiary/aromatic N) is 1. The maximum Gasteiger partial charge on any atom is 0.179 e. The minimum Gasteiger partial charge on any atom is -0.396 e. The van der Waals surface area contributed by atoms with Crippen LogP contribution in [-0.2, 0) is 0 Å². The lowest BCUT2D eigenvalue weighted by Gasteiger charge is -2.26. The number of aliphatic hydroxyl groups excluding tert-OH is 1. The Morgan fingerprint density at radius 2 is 2.00 bits per heavy atom. The second-order valence-electron chi connectivity index (χ2n) is 4.25. The van der Waals surface area contributed by atoms with Crippen LogP contribution in [-0.4, -0.2) is 41.5 Å². The van der Waals surface area contributed by atoms with E-state index >= 15 is 0 Å².